The van der Waals surface area contributed by atoms with Crippen molar-refractivity contribution in [3.8, 4) is 11.5 Å². The Bertz CT molecular complexity index is 926. The van der Waals surface area contributed by atoms with E-state index in [1.165, 1.54) is 0 Å². The Hall–Kier alpha value is -2.86. The number of benzene rings is 2. The zero-order valence-electron chi connectivity index (χ0n) is 15.7. The topological polar surface area (TPSA) is 55.4 Å². The number of aromatic nitrogens is 1. The Morgan fingerprint density at radius 1 is 1.11 bits per heavy atom. The van der Waals surface area contributed by atoms with E-state index in [-0.39, 0.29) is 6.10 Å². The minimum absolute atomic E-state index is 0.166. The molecule has 0 saturated carbocycles. The number of anilines is 1. The third-order valence-electron chi connectivity index (χ3n) is 3.95. The molecule has 27 heavy (non-hydrogen) atoms. The molecule has 0 unspecified atom stereocenters. The van der Waals surface area contributed by atoms with E-state index in [1.54, 1.807) is 13.3 Å². The molecule has 0 aliphatic heterocycles. The first-order valence-corrected chi connectivity index (χ1v) is 9.20. The largest absolute Gasteiger partial charge is 0.494 e. The molecular formula is C21H23N3O2S. The normalized spacial score (nSPS) is 10.7. The second-order valence-electron chi connectivity index (χ2n) is 6.33. The average molecular weight is 382 g/mol. The van der Waals surface area contributed by atoms with E-state index in [1.807, 2.05) is 62.4 Å². The van der Waals surface area contributed by atoms with Crippen molar-refractivity contribution in [1.82, 2.24) is 10.3 Å². The molecule has 1 heterocycles. The van der Waals surface area contributed by atoms with E-state index < -0.39 is 0 Å². The van der Waals surface area contributed by atoms with E-state index >= 15 is 0 Å². The van der Waals surface area contributed by atoms with Crippen LogP contribution in [0.1, 0.15) is 19.4 Å². The lowest BCUT2D eigenvalue weighted by atomic mass is 10.1. The van der Waals surface area contributed by atoms with Crippen molar-refractivity contribution in [1.29, 1.82) is 0 Å². The van der Waals surface area contributed by atoms with Gasteiger partial charge in [-0.25, -0.2) is 0 Å². The van der Waals surface area contributed by atoms with Crippen molar-refractivity contribution < 1.29 is 9.47 Å². The fourth-order valence-corrected chi connectivity index (χ4v) is 2.91. The SMILES string of the molecule is COc1ccc(NC(=S)NCc2ccc(OC(C)C)cc2)c2cccnc12. The van der Waals surface area contributed by atoms with Crippen LogP contribution in [0.2, 0.25) is 0 Å². The summed E-state index contributed by atoms with van der Waals surface area (Å²) in [7, 11) is 1.64. The Balaban J connectivity index is 1.64. The second kappa shape index (κ2) is 8.68. The van der Waals surface area contributed by atoms with Crippen LogP contribution in [0.4, 0.5) is 5.69 Å². The van der Waals surface area contributed by atoms with Crippen LogP contribution in [0.3, 0.4) is 0 Å². The van der Waals surface area contributed by atoms with Gasteiger partial charge in [-0.05, 0) is 68.0 Å². The fourth-order valence-electron chi connectivity index (χ4n) is 2.73. The fraction of sp³-hybridized carbons (Fsp3) is 0.238. The highest BCUT2D eigenvalue weighted by Gasteiger charge is 2.08. The van der Waals surface area contributed by atoms with Crippen LogP contribution in [0, 0.1) is 0 Å². The van der Waals surface area contributed by atoms with E-state index in [0.29, 0.717) is 11.7 Å². The van der Waals surface area contributed by atoms with Crippen molar-refractivity contribution in [2.24, 2.45) is 0 Å². The Labute approximate surface area is 164 Å². The molecule has 0 amide bonds. The molecule has 3 rings (SSSR count). The molecule has 2 aromatic carbocycles. The lowest BCUT2D eigenvalue weighted by molar-refractivity contribution is 0.242. The van der Waals surface area contributed by atoms with Crippen molar-refractivity contribution in [3.63, 3.8) is 0 Å². The molecular weight excluding hydrogens is 358 g/mol. The molecule has 2 N–H and O–H groups in total. The number of ether oxygens (including phenoxy) is 2. The van der Waals surface area contributed by atoms with Crippen LogP contribution >= 0.6 is 12.2 Å². The van der Waals surface area contributed by atoms with Gasteiger partial charge in [-0.1, -0.05) is 12.1 Å². The summed E-state index contributed by atoms with van der Waals surface area (Å²) in [6.07, 6.45) is 1.91. The number of hydrogen-bond donors (Lipinski definition) is 2. The number of thiocarbonyl (C=S) groups is 1. The molecule has 5 nitrogen and oxygen atoms in total. The monoisotopic (exact) mass is 381 g/mol. The second-order valence-corrected chi connectivity index (χ2v) is 6.74. The Kier molecular flexibility index (Phi) is 6.08. The summed E-state index contributed by atoms with van der Waals surface area (Å²) in [5.74, 6) is 1.60. The summed E-state index contributed by atoms with van der Waals surface area (Å²) < 4.78 is 11.0. The third kappa shape index (κ3) is 4.86. The number of fused-ring (bicyclic) bond motifs is 1. The van der Waals surface area contributed by atoms with Crippen molar-refractivity contribution in [2.45, 2.75) is 26.5 Å². The van der Waals surface area contributed by atoms with Crippen molar-refractivity contribution in [3.05, 3.63) is 60.3 Å². The summed E-state index contributed by atoms with van der Waals surface area (Å²) in [6.45, 7) is 4.65. The third-order valence-corrected chi connectivity index (χ3v) is 4.20. The van der Waals surface area contributed by atoms with Crippen LogP contribution in [-0.4, -0.2) is 23.3 Å². The molecule has 6 heteroatoms. The maximum Gasteiger partial charge on any atom is 0.171 e. The maximum atomic E-state index is 5.66. The highest BCUT2D eigenvalue weighted by molar-refractivity contribution is 7.80. The Morgan fingerprint density at radius 3 is 2.59 bits per heavy atom. The van der Waals surface area contributed by atoms with Gasteiger partial charge >= 0.3 is 0 Å². The van der Waals surface area contributed by atoms with Crippen molar-refractivity contribution in [2.75, 3.05) is 12.4 Å². The highest BCUT2D eigenvalue weighted by atomic mass is 32.1. The number of rotatable bonds is 6. The quantitative estimate of drug-likeness (QED) is 0.613. The zero-order chi connectivity index (χ0) is 19.2. The smallest absolute Gasteiger partial charge is 0.171 e. The molecule has 0 aliphatic rings. The average Bonchev–Trinajstić information content (AvgIpc) is 2.67. The highest BCUT2D eigenvalue weighted by Crippen LogP contribution is 2.29. The summed E-state index contributed by atoms with van der Waals surface area (Å²) in [4.78, 5) is 4.40. The summed E-state index contributed by atoms with van der Waals surface area (Å²) in [6, 6.07) is 15.7. The van der Waals surface area contributed by atoms with Crippen molar-refractivity contribution >= 4 is 33.9 Å². The van der Waals surface area contributed by atoms with Gasteiger partial charge in [0.2, 0.25) is 0 Å². The molecule has 3 aromatic rings. The molecule has 0 aliphatic carbocycles. The van der Waals surface area contributed by atoms with E-state index in [0.717, 1.165) is 33.7 Å². The lowest BCUT2D eigenvalue weighted by Gasteiger charge is -2.14. The first-order valence-electron chi connectivity index (χ1n) is 8.79. The zero-order valence-corrected chi connectivity index (χ0v) is 16.5. The van der Waals surface area contributed by atoms with Gasteiger partial charge in [0, 0.05) is 23.8 Å². The minimum atomic E-state index is 0.166. The van der Waals surface area contributed by atoms with Gasteiger partial charge in [0.05, 0.1) is 13.2 Å². The van der Waals surface area contributed by atoms with Gasteiger partial charge in [-0.2, -0.15) is 0 Å². The molecule has 0 spiro atoms. The first kappa shape index (κ1) is 18.9. The molecule has 0 radical (unpaired) electrons. The summed E-state index contributed by atoms with van der Waals surface area (Å²) >= 11 is 5.44. The van der Waals surface area contributed by atoms with E-state index in [9.17, 15) is 0 Å². The molecule has 0 bridgehead atoms. The van der Waals surface area contributed by atoms with Crippen LogP contribution in [0.5, 0.6) is 11.5 Å². The van der Waals surface area contributed by atoms with Gasteiger partial charge in [-0.3, -0.25) is 4.98 Å². The summed E-state index contributed by atoms with van der Waals surface area (Å²) in [5.41, 5.74) is 2.81. The summed E-state index contributed by atoms with van der Waals surface area (Å²) in [5, 5.41) is 7.98. The van der Waals surface area contributed by atoms with Crippen LogP contribution in [0.25, 0.3) is 10.9 Å². The van der Waals surface area contributed by atoms with E-state index in [2.05, 4.69) is 15.6 Å². The van der Waals surface area contributed by atoms with Crippen LogP contribution in [-0.2, 0) is 6.54 Å². The van der Waals surface area contributed by atoms with E-state index in [4.69, 9.17) is 21.7 Å². The van der Waals surface area contributed by atoms with Gasteiger partial charge in [0.25, 0.3) is 0 Å². The molecule has 0 saturated heterocycles. The van der Waals surface area contributed by atoms with Gasteiger partial charge < -0.3 is 20.1 Å². The standard InChI is InChI=1S/C21H23N3O2S/c1-14(2)26-16-8-6-15(7-9-16)13-23-21(27)24-18-10-11-19(25-3)20-17(18)5-4-12-22-20/h4-12,14H,13H2,1-3H3,(H2,23,24,27). The lowest BCUT2D eigenvalue weighted by Crippen LogP contribution is -2.28. The van der Waals surface area contributed by atoms with Crippen LogP contribution < -0.4 is 20.1 Å². The maximum absolute atomic E-state index is 5.66. The van der Waals surface area contributed by atoms with Crippen LogP contribution in [0.15, 0.2) is 54.7 Å². The number of nitrogens with one attached hydrogen (secondary N) is 2. The number of hydrogen-bond acceptors (Lipinski definition) is 4. The van der Waals surface area contributed by atoms with Gasteiger partial charge in [-0.15, -0.1) is 0 Å². The molecule has 0 fully saturated rings. The molecule has 1 aromatic heterocycles. The number of pyridine rings is 1. The molecule has 0 atom stereocenters. The number of methoxy groups -OCH3 is 1. The predicted molar refractivity (Wildman–Crippen MR) is 114 cm³/mol. The molecule has 140 valence electrons. The predicted octanol–water partition coefficient (Wildman–Crippen LogP) is 4.52. The number of nitrogens with zero attached hydrogens (tertiary/aromatic N) is 1. The minimum Gasteiger partial charge on any atom is -0.494 e. The van der Waals surface area contributed by atoms with Gasteiger partial charge in [0.1, 0.15) is 17.0 Å². The Morgan fingerprint density at radius 2 is 1.89 bits per heavy atom. The first-order chi connectivity index (χ1) is 13.1. The van der Waals surface area contributed by atoms with Gasteiger partial charge in [0.15, 0.2) is 5.11 Å².